The third kappa shape index (κ3) is 5.02. The minimum Gasteiger partial charge on any atom is -0.433 e. The molecule has 3 aromatic heterocycles. The van der Waals surface area contributed by atoms with Crippen molar-refractivity contribution in [3.63, 3.8) is 0 Å². The van der Waals surface area contributed by atoms with Gasteiger partial charge in [-0.25, -0.2) is 13.4 Å². The zero-order valence-electron chi connectivity index (χ0n) is 15.1. The normalized spacial score (nSPS) is 12.0. The van der Waals surface area contributed by atoms with Crippen LogP contribution in [0.25, 0.3) is 10.8 Å². The number of halogens is 4. The van der Waals surface area contributed by atoms with Crippen molar-refractivity contribution in [1.82, 2.24) is 20.2 Å². The highest BCUT2D eigenvalue weighted by Gasteiger charge is 2.25. The molecule has 0 N–H and O–H groups in total. The highest BCUT2D eigenvalue weighted by Crippen LogP contribution is 2.30. The first-order valence-electron chi connectivity index (χ1n) is 8.16. The Hall–Kier alpha value is -2.81. The fourth-order valence-corrected chi connectivity index (χ4v) is 4.21. The third-order valence-corrected chi connectivity index (χ3v) is 6.29. The molecule has 0 bridgehead atoms. The maximum atomic E-state index is 12.6. The number of anilines is 1. The number of pyridine rings is 1. The van der Waals surface area contributed by atoms with Crippen LogP contribution in [0, 0.1) is 0 Å². The van der Waals surface area contributed by atoms with Gasteiger partial charge in [-0.1, -0.05) is 0 Å². The van der Waals surface area contributed by atoms with E-state index in [1.54, 1.807) is 0 Å². The zero-order chi connectivity index (χ0) is 21.9. The summed E-state index contributed by atoms with van der Waals surface area (Å²) in [5.41, 5.74) is -0.00970. The number of aromatic nitrogens is 4. The van der Waals surface area contributed by atoms with Crippen LogP contribution < -0.4 is 9.04 Å². The van der Waals surface area contributed by atoms with Crippen LogP contribution >= 0.6 is 11.3 Å². The first-order chi connectivity index (χ1) is 14.2. The molecule has 0 aliphatic carbocycles. The molecular weight excluding hydrogens is 454 g/mol. The molecule has 162 valence electrons. The quantitative estimate of drug-likeness (QED) is 0.440. The summed E-state index contributed by atoms with van der Waals surface area (Å²) >= 11 is 0.945. The molecule has 0 saturated heterocycles. The van der Waals surface area contributed by atoms with Crippen LogP contribution in [0.2, 0.25) is 0 Å². The second-order valence-electron chi connectivity index (χ2n) is 5.53. The van der Waals surface area contributed by atoms with E-state index in [4.69, 9.17) is 4.42 Å². The van der Waals surface area contributed by atoms with Gasteiger partial charge in [-0.15, -0.1) is 21.5 Å². The Balaban J connectivity index is 1.89. The highest BCUT2D eigenvalue weighted by atomic mass is 32.2. The van der Waals surface area contributed by atoms with Crippen molar-refractivity contribution in [3.05, 3.63) is 35.6 Å². The van der Waals surface area contributed by atoms with Crippen LogP contribution in [0.5, 0.6) is 5.75 Å². The van der Waals surface area contributed by atoms with E-state index in [0.717, 1.165) is 27.9 Å². The molecule has 3 rings (SSSR count). The van der Waals surface area contributed by atoms with Crippen molar-refractivity contribution in [3.8, 4) is 16.5 Å². The van der Waals surface area contributed by atoms with Crippen molar-refractivity contribution in [2.45, 2.75) is 26.5 Å². The summed E-state index contributed by atoms with van der Waals surface area (Å²) in [6.45, 7) is -1.96. The third-order valence-electron chi connectivity index (χ3n) is 3.58. The van der Waals surface area contributed by atoms with Gasteiger partial charge in [0.25, 0.3) is 11.8 Å². The molecule has 0 aromatic carbocycles. The molecule has 15 heteroatoms. The van der Waals surface area contributed by atoms with Crippen molar-refractivity contribution < 1.29 is 35.1 Å². The number of thiazole rings is 1. The standard InChI is InChI=1S/C15H13F4N5O4S2/c1-2-30(25,26)24(8-3-9(5-20-4-8)27-15(18)19)7-11-21-6-10(29-11)13-22-23-14(28-13)12(16)17/h3-6,12,15H,2,7H2,1H3. The molecule has 30 heavy (non-hydrogen) atoms. The topological polar surface area (TPSA) is 111 Å². The summed E-state index contributed by atoms with van der Waals surface area (Å²) in [4.78, 5) is 8.05. The SMILES string of the molecule is CCS(=O)(=O)N(Cc1ncc(-c2nnc(C(F)F)o2)s1)c1cncc(OC(F)F)c1. The maximum absolute atomic E-state index is 12.6. The van der Waals surface area contributed by atoms with E-state index in [1.807, 2.05) is 0 Å². The van der Waals surface area contributed by atoms with E-state index in [0.29, 0.717) is 0 Å². The molecule has 0 saturated carbocycles. The Labute approximate surface area is 171 Å². The molecule has 9 nitrogen and oxygen atoms in total. The number of hydrogen-bond donors (Lipinski definition) is 0. The van der Waals surface area contributed by atoms with Crippen molar-refractivity contribution in [2.75, 3.05) is 10.1 Å². The molecule has 3 heterocycles. The van der Waals surface area contributed by atoms with Gasteiger partial charge in [0, 0.05) is 6.07 Å². The van der Waals surface area contributed by atoms with Crippen LogP contribution in [0.1, 0.15) is 24.2 Å². The van der Waals surface area contributed by atoms with E-state index >= 15 is 0 Å². The molecule has 0 unspecified atom stereocenters. The van der Waals surface area contributed by atoms with E-state index in [-0.39, 0.29) is 39.5 Å². The van der Waals surface area contributed by atoms with Gasteiger partial charge in [-0.2, -0.15) is 17.6 Å². The maximum Gasteiger partial charge on any atom is 0.387 e. The van der Waals surface area contributed by atoms with Crippen molar-refractivity contribution >= 4 is 27.0 Å². The molecular formula is C15H13F4N5O4S2. The van der Waals surface area contributed by atoms with Gasteiger partial charge >= 0.3 is 13.0 Å². The number of rotatable bonds is 9. The molecule has 0 radical (unpaired) electrons. The van der Waals surface area contributed by atoms with Crippen LogP contribution in [-0.4, -0.2) is 40.9 Å². The van der Waals surface area contributed by atoms with Gasteiger partial charge in [0.15, 0.2) is 0 Å². The van der Waals surface area contributed by atoms with Gasteiger partial charge in [-0.3, -0.25) is 9.29 Å². The number of hydrogen-bond acceptors (Lipinski definition) is 9. The Bertz CT molecular complexity index is 1110. The summed E-state index contributed by atoms with van der Waals surface area (Å²) in [6.07, 6.45) is 0.532. The highest BCUT2D eigenvalue weighted by molar-refractivity contribution is 7.92. The van der Waals surface area contributed by atoms with Gasteiger partial charge in [0.2, 0.25) is 10.0 Å². The molecule has 0 aliphatic rings. The average molecular weight is 467 g/mol. The van der Waals surface area contributed by atoms with Crippen LogP contribution in [-0.2, 0) is 16.6 Å². The predicted molar refractivity (Wildman–Crippen MR) is 96.9 cm³/mol. The summed E-state index contributed by atoms with van der Waals surface area (Å²) in [5, 5.41) is 6.99. The minimum atomic E-state index is -3.85. The molecule has 0 fully saturated rings. The summed E-state index contributed by atoms with van der Waals surface area (Å²) < 4.78 is 85.3. The second-order valence-corrected chi connectivity index (χ2v) is 8.83. The Morgan fingerprint density at radius 1 is 1.20 bits per heavy atom. The second kappa shape index (κ2) is 8.91. The molecule has 0 atom stereocenters. The van der Waals surface area contributed by atoms with Gasteiger partial charge in [0.05, 0.1) is 36.6 Å². The van der Waals surface area contributed by atoms with Crippen molar-refractivity contribution in [2.24, 2.45) is 0 Å². The summed E-state index contributed by atoms with van der Waals surface area (Å²) in [5.74, 6) is -1.64. The van der Waals surface area contributed by atoms with Gasteiger partial charge in [-0.05, 0) is 6.92 Å². The van der Waals surface area contributed by atoms with E-state index in [1.165, 1.54) is 19.3 Å². The van der Waals surface area contributed by atoms with Gasteiger partial charge < -0.3 is 9.15 Å². The Kier molecular flexibility index (Phi) is 6.50. The first-order valence-corrected chi connectivity index (χ1v) is 10.6. The van der Waals surface area contributed by atoms with E-state index in [9.17, 15) is 26.0 Å². The monoisotopic (exact) mass is 467 g/mol. The molecule has 0 aliphatic heterocycles. The first kappa shape index (κ1) is 21.9. The summed E-state index contributed by atoms with van der Waals surface area (Å²) in [6, 6.07) is 1.10. The van der Waals surface area contributed by atoms with Gasteiger partial charge in [0.1, 0.15) is 15.6 Å². The van der Waals surface area contributed by atoms with E-state index in [2.05, 4.69) is 24.9 Å². The smallest absolute Gasteiger partial charge is 0.387 e. The molecule has 0 spiro atoms. The number of nitrogens with zero attached hydrogens (tertiary/aromatic N) is 5. The number of sulfonamides is 1. The number of alkyl halides is 4. The fraction of sp³-hybridized carbons (Fsp3) is 0.333. The zero-order valence-corrected chi connectivity index (χ0v) is 16.7. The van der Waals surface area contributed by atoms with Crippen LogP contribution in [0.3, 0.4) is 0 Å². The Morgan fingerprint density at radius 3 is 2.60 bits per heavy atom. The van der Waals surface area contributed by atoms with Crippen LogP contribution in [0.4, 0.5) is 23.2 Å². The van der Waals surface area contributed by atoms with Crippen LogP contribution in [0.15, 0.2) is 29.1 Å². The molecule has 3 aromatic rings. The lowest BCUT2D eigenvalue weighted by Gasteiger charge is -2.22. The fourth-order valence-electron chi connectivity index (χ4n) is 2.24. The Morgan fingerprint density at radius 2 is 1.97 bits per heavy atom. The van der Waals surface area contributed by atoms with E-state index < -0.39 is 29.0 Å². The molecule has 0 amide bonds. The minimum absolute atomic E-state index is 0.00970. The average Bonchev–Trinajstić information content (AvgIpc) is 3.35. The lowest BCUT2D eigenvalue weighted by atomic mass is 10.4. The largest absolute Gasteiger partial charge is 0.433 e. The number of ether oxygens (including phenoxy) is 1. The predicted octanol–water partition coefficient (Wildman–Crippen LogP) is 3.48. The lowest BCUT2D eigenvalue weighted by molar-refractivity contribution is -0.0500. The lowest BCUT2D eigenvalue weighted by Crippen LogP contribution is -2.32. The van der Waals surface area contributed by atoms with Crippen molar-refractivity contribution in [1.29, 1.82) is 0 Å². The summed E-state index contributed by atoms with van der Waals surface area (Å²) in [7, 11) is -3.85.